The van der Waals surface area contributed by atoms with Crippen LogP contribution in [0.4, 0.5) is 5.69 Å². The molecule has 0 saturated carbocycles. The van der Waals surface area contributed by atoms with Crippen molar-refractivity contribution in [2.45, 2.75) is 6.54 Å². The molecule has 2 heterocycles. The zero-order chi connectivity index (χ0) is 12.4. The van der Waals surface area contributed by atoms with E-state index in [9.17, 15) is 0 Å². The average Bonchev–Trinajstić information content (AvgIpc) is 2.82. The molecule has 0 amide bonds. The van der Waals surface area contributed by atoms with Crippen molar-refractivity contribution in [1.82, 2.24) is 9.97 Å². The first-order valence-electron chi connectivity index (χ1n) is 5.73. The van der Waals surface area contributed by atoms with E-state index >= 15 is 0 Å². The molecule has 0 bridgehead atoms. The summed E-state index contributed by atoms with van der Waals surface area (Å²) in [7, 11) is 0. The lowest BCUT2D eigenvalue weighted by Crippen LogP contribution is -1.98. The van der Waals surface area contributed by atoms with Gasteiger partial charge in [0.15, 0.2) is 0 Å². The Labute approximate surface area is 110 Å². The predicted molar refractivity (Wildman–Crippen MR) is 74.9 cm³/mol. The van der Waals surface area contributed by atoms with Gasteiger partial charge in [-0.05, 0) is 29.8 Å². The standard InChI is InChI=1S/C14H12ClN3/c15-11-5-3-10(4-6-11)8-17-13-9-18-14-12(13)2-1-7-16-14/h1-7,9,17H,8H2,(H,16,18). The second-order valence-electron chi connectivity index (χ2n) is 4.08. The van der Waals surface area contributed by atoms with Crippen LogP contribution in [0, 0.1) is 0 Å². The lowest BCUT2D eigenvalue weighted by molar-refractivity contribution is 1.15. The van der Waals surface area contributed by atoms with E-state index in [1.165, 1.54) is 5.56 Å². The molecule has 4 heteroatoms. The van der Waals surface area contributed by atoms with Crippen LogP contribution in [0.15, 0.2) is 48.8 Å². The molecule has 18 heavy (non-hydrogen) atoms. The molecule has 90 valence electrons. The van der Waals surface area contributed by atoms with Crippen molar-refractivity contribution in [3.63, 3.8) is 0 Å². The van der Waals surface area contributed by atoms with Gasteiger partial charge in [0.1, 0.15) is 5.65 Å². The van der Waals surface area contributed by atoms with Crippen LogP contribution < -0.4 is 5.32 Å². The lowest BCUT2D eigenvalue weighted by Gasteiger charge is -2.05. The topological polar surface area (TPSA) is 40.7 Å². The Morgan fingerprint density at radius 3 is 2.83 bits per heavy atom. The van der Waals surface area contributed by atoms with Gasteiger partial charge in [-0.15, -0.1) is 0 Å². The Kier molecular flexibility index (Phi) is 2.90. The van der Waals surface area contributed by atoms with Crippen LogP contribution in [0.2, 0.25) is 5.02 Å². The number of aromatic amines is 1. The summed E-state index contributed by atoms with van der Waals surface area (Å²) in [5.74, 6) is 0. The third-order valence-electron chi connectivity index (χ3n) is 2.85. The van der Waals surface area contributed by atoms with Crippen molar-refractivity contribution in [3.05, 3.63) is 59.4 Å². The molecule has 3 rings (SSSR count). The number of aromatic nitrogens is 2. The molecule has 2 aromatic heterocycles. The molecule has 0 spiro atoms. The maximum absolute atomic E-state index is 5.86. The highest BCUT2D eigenvalue weighted by Gasteiger charge is 2.02. The number of hydrogen-bond acceptors (Lipinski definition) is 2. The summed E-state index contributed by atoms with van der Waals surface area (Å²) >= 11 is 5.86. The number of pyridine rings is 1. The molecule has 3 aromatic rings. The smallest absolute Gasteiger partial charge is 0.139 e. The predicted octanol–water partition coefficient (Wildman–Crippen LogP) is 3.83. The highest BCUT2D eigenvalue weighted by molar-refractivity contribution is 6.30. The van der Waals surface area contributed by atoms with Gasteiger partial charge < -0.3 is 10.3 Å². The number of rotatable bonds is 3. The molecule has 0 unspecified atom stereocenters. The van der Waals surface area contributed by atoms with Crippen LogP contribution in [-0.4, -0.2) is 9.97 Å². The van der Waals surface area contributed by atoms with E-state index in [0.29, 0.717) is 0 Å². The van der Waals surface area contributed by atoms with Gasteiger partial charge in [-0.25, -0.2) is 4.98 Å². The number of nitrogens with one attached hydrogen (secondary N) is 2. The van der Waals surface area contributed by atoms with Crippen LogP contribution in [0.5, 0.6) is 0 Å². The molecular weight excluding hydrogens is 246 g/mol. The molecule has 0 saturated heterocycles. The third-order valence-corrected chi connectivity index (χ3v) is 3.10. The number of anilines is 1. The molecule has 3 nitrogen and oxygen atoms in total. The van der Waals surface area contributed by atoms with E-state index in [4.69, 9.17) is 11.6 Å². The zero-order valence-electron chi connectivity index (χ0n) is 9.65. The second-order valence-corrected chi connectivity index (χ2v) is 4.52. The highest BCUT2D eigenvalue weighted by atomic mass is 35.5. The van der Waals surface area contributed by atoms with Crippen LogP contribution in [0.3, 0.4) is 0 Å². The summed E-state index contributed by atoms with van der Waals surface area (Å²) in [6.07, 6.45) is 3.72. The minimum Gasteiger partial charge on any atom is -0.379 e. The molecule has 0 aliphatic rings. The van der Waals surface area contributed by atoms with Gasteiger partial charge in [0, 0.05) is 29.3 Å². The Bertz CT molecular complexity index is 658. The fourth-order valence-corrected chi connectivity index (χ4v) is 2.03. The zero-order valence-corrected chi connectivity index (χ0v) is 10.4. The number of hydrogen-bond donors (Lipinski definition) is 2. The third kappa shape index (κ3) is 2.17. The number of nitrogens with zero attached hydrogens (tertiary/aromatic N) is 1. The fourth-order valence-electron chi connectivity index (χ4n) is 1.90. The largest absolute Gasteiger partial charge is 0.379 e. The molecular formula is C14H12ClN3. The summed E-state index contributed by atoms with van der Waals surface area (Å²) in [5.41, 5.74) is 3.15. The lowest BCUT2D eigenvalue weighted by atomic mass is 10.2. The summed E-state index contributed by atoms with van der Waals surface area (Å²) in [6.45, 7) is 0.763. The maximum atomic E-state index is 5.86. The Morgan fingerprint density at radius 1 is 1.17 bits per heavy atom. The number of benzene rings is 1. The van der Waals surface area contributed by atoms with Gasteiger partial charge in [0.2, 0.25) is 0 Å². The van der Waals surface area contributed by atoms with Crippen molar-refractivity contribution in [3.8, 4) is 0 Å². The minimum atomic E-state index is 0.759. The SMILES string of the molecule is Clc1ccc(CNc2c[nH]c3ncccc23)cc1. The summed E-state index contributed by atoms with van der Waals surface area (Å²) in [5, 5.41) is 5.25. The van der Waals surface area contributed by atoms with Gasteiger partial charge in [-0.2, -0.15) is 0 Å². The van der Waals surface area contributed by atoms with Crippen molar-refractivity contribution >= 4 is 28.3 Å². The quantitative estimate of drug-likeness (QED) is 0.749. The van der Waals surface area contributed by atoms with Gasteiger partial charge in [-0.3, -0.25) is 0 Å². The fraction of sp³-hybridized carbons (Fsp3) is 0.0714. The monoisotopic (exact) mass is 257 g/mol. The molecule has 0 atom stereocenters. The Balaban J connectivity index is 1.79. The normalized spacial score (nSPS) is 10.7. The van der Waals surface area contributed by atoms with E-state index in [-0.39, 0.29) is 0 Å². The summed E-state index contributed by atoms with van der Waals surface area (Å²) in [6, 6.07) is 11.8. The van der Waals surface area contributed by atoms with Crippen molar-refractivity contribution in [2.75, 3.05) is 5.32 Å². The Morgan fingerprint density at radius 2 is 2.00 bits per heavy atom. The van der Waals surface area contributed by atoms with E-state index in [1.807, 2.05) is 42.6 Å². The van der Waals surface area contributed by atoms with Crippen molar-refractivity contribution in [1.29, 1.82) is 0 Å². The van der Waals surface area contributed by atoms with Gasteiger partial charge in [0.25, 0.3) is 0 Å². The molecule has 1 aromatic carbocycles. The van der Waals surface area contributed by atoms with E-state index in [0.717, 1.165) is 28.3 Å². The second kappa shape index (κ2) is 4.70. The first-order chi connectivity index (χ1) is 8.83. The Hall–Kier alpha value is -2.00. The average molecular weight is 258 g/mol. The molecule has 0 fully saturated rings. The minimum absolute atomic E-state index is 0.759. The van der Waals surface area contributed by atoms with Crippen molar-refractivity contribution in [2.24, 2.45) is 0 Å². The first-order valence-corrected chi connectivity index (χ1v) is 6.11. The summed E-state index contributed by atoms with van der Waals surface area (Å²) < 4.78 is 0. The first kappa shape index (κ1) is 11.1. The molecule has 0 radical (unpaired) electrons. The van der Waals surface area contributed by atoms with Gasteiger partial charge in [-0.1, -0.05) is 23.7 Å². The summed E-state index contributed by atoms with van der Waals surface area (Å²) in [4.78, 5) is 7.39. The highest BCUT2D eigenvalue weighted by Crippen LogP contribution is 2.21. The van der Waals surface area contributed by atoms with E-state index < -0.39 is 0 Å². The van der Waals surface area contributed by atoms with Crippen LogP contribution >= 0.6 is 11.6 Å². The maximum Gasteiger partial charge on any atom is 0.139 e. The number of fused-ring (bicyclic) bond motifs is 1. The number of H-pyrrole nitrogens is 1. The van der Waals surface area contributed by atoms with Crippen LogP contribution in [0.25, 0.3) is 11.0 Å². The molecule has 0 aliphatic carbocycles. The van der Waals surface area contributed by atoms with Gasteiger partial charge >= 0.3 is 0 Å². The van der Waals surface area contributed by atoms with E-state index in [2.05, 4.69) is 15.3 Å². The van der Waals surface area contributed by atoms with Crippen LogP contribution in [0.1, 0.15) is 5.56 Å². The number of halogens is 1. The van der Waals surface area contributed by atoms with Crippen molar-refractivity contribution < 1.29 is 0 Å². The van der Waals surface area contributed by atoms with Crippen LogP contribution in [-0.2, 0) is 6.54 Å². The molecule has 0 aliphatic heterocycles. The molecule has 2 N–H and O–H groups in total. The van der Waals surface area contributed by atoms with Gasteiger partial charge in [0.05, 0.1) is 5.69 Å². The van der Waals surface area contributed by atoms with E-state index in [1.54, 1.807) is 6.20 Å².